The molecule has 0 saturated heterocycles. The topological polar surface area (TPSA) is 56.5 Å². The Morgan fingerprint density at radius 2 is 1.72 bits per heavy atom. The van der Waals surface area contributed by atoms with E-state index in [2.05, 4.69) is 33.9 Å². The lowest BCUT2D eigenvalue weighted by Crippen LogP contribution is -2.04. The van der Waals surface area contributed by atoms with Gasteiger partial charge in [-0.05, 0) is 6.07 Å². The minimum atomic E-state index is 0.724. The highest BCUT2D eigenvalue weighted by atomic mass is 32.1. The van der Waals surface area contributed by atoms with Crippen molar-refractivity contribution in [2.75, 3.05) is 0 Å². The molecule has 5 rings (SSSR count). The van der Waals surface area contributed by atoms with E-state index in [1.54, 1.807) is 11.3 Å². The lowest BCUT2D eigenvalue weighted by molar-refractivity contribution is 0.751. The number of fused-ring (bicyclic) bond motifs is 1. The van der Waals surface area contributed by atoms with E-state index in [1.807, 2.05) is 55.0 Å². The Morgan fingerprint density at radius 1 is 0.897 bits per heavy atom. The van der Waals surface area contributed by atoms with E-state index in [4.69, 9.17) is 15.0 Å². The van der Waals surface area contributed by atoms with Gasteiger partial charge in [0.05, 0.1) is 11.2 Å². The van der Waals surface area contributed by atoms with Crippen LogP contribution in [0, 0.1) is 0 Å². The summed E-state index contributed by atoms with van der Waals surface area (Å²) in [4.78, 5) is 18.9. The summed E-state index contributed by atoms with van der Waals surface area (Å²) in [5, 5.41) is 3.94. The van der Waals surface area contributed by atoms with Crippen molar-refractivity contribution in [2.45, 2.75) is 12.8 Å². The number of thiazole rings is 1. The summed E-state index contributed by atoms with van der Waals surface area (Å²) < 4.78 is 2.09. The lowest BCUT2D eigenvalue weighted by Gasteiger charge is -2.07. The van der Waals surface area contributed by atoms with Crippen molar-refractivity contribution in [1.82, 2.24) is 24.5 Å². The van der Waals surface area contributed by atoms with Crippen molar-refractivity contribution >= 4 is 22.2 Å². The van der Waals surface area contributed by atoms with E-state index in [1.165, 1.54) is 0 Å². The number of rotatable bonds is 5. The largest absolute Gasteiger partial charge is 0.337 e. The maximum atomic E-state index is 4.85. The van der Waals surface area contributed by atoms with Gasteiger partial charge in [-0.25, -0.2) is 19.9 Å². The molecule has 0 amide bonds. The minimum Gasteiger partial charge on any atom is -0.337 e. The molecule has 0 bridgehead atoms. The van der Waals surface area contributed by atoms with Crippen LogP contribution in [-0.2, 0) is 19.9 Å². The second-order valence-electron chi connectivity index (χ2n) is 6.86. The van der Waals surface area contributed by atoms with E-state index < -0.39 is 0 Å². The van der Waals surface area contributed by atoms with Gasteiger partial charge in [-0.2, -0.15) is 0 Å². The monoisotopic (exact) mass is 397 g/mol. The molecule has 0 aliphatic heterocycles. The first kappa shape index (κ1) is 17.7. The normalized spacial score (nSPS) is 11.2. The minimum absolute atomic E-state index is 0.724. The number of hydrogen-bond acceptors (Lipinski definition) is 5. The van der Waals surface area contributed by atoms with Crippen molar-refractivity contribution in [3.05, 3.63) is 84.0 Å². The van der Waals surface area contributed by atoms with Crippen LogP contribution in [0.2, 0.25) is 0 Å². The quantitative estimate of drug-likeness (QED) is 0.421. The van der Waals surface area contributed by atoms with E-state index in [0.717, 1.165) is 57.4 Å². The molecule has 0 radical (unpaired) electrons. The summed E-state index contributed by atoms with van der Waals surface area (Å²) in [6.45, 7) is 0. The molecule has 0 fully saturated rings. The van der Waals surface area contributed by atoms with Crippen LogP contribution in [0.1, 0.15) is 11.6 Å². The zero-order valence-electron chi connectivity index (χ0n) is 16.0. The molecule has 5 nitrogen and oxygen atoms in total. The first-order valence-corrected chi connectivity index (χ1v) is 10.4. The number of hydrogen-bond donors (Lipinski definition) is 0. The first-order valence-electron chi connectivity index (χ1n) is 9.51. The average molecular weight is 398 g/mol. The highest BCUT2D eigenvalue weighted by molar-refractivity contribution is 7.13. The van der Waals surface area contributed by atoms with Gasteiger partial charge in [0.2, 0.25) is 0 Å². The molecular weight excluding hydrogens is 378 g/mol. The van der Waals surface area contributed by atoms with E-state index in [0.29, 0.717) is 0 Å². The van der Waals surface area contributed by atoms with Gasteiger partial charge in [0.25, 0.3) is 0 Å². The maximum Gasteiger partial charge on any atom is 0.142 e. The third-order valence-corrected chi connectivity index (χ3v) is 5.68. The number of aromatic nitrogens is 5. The summed E-state index contributed by atoms with van der Waals surface area (Å²) in [7, 11) is 2.04. The maximum absolute atomic E-state index is 4.85. The van der Waals surface area contributed by atoms with Crippen LogP contribution in [0.15, 0.2) is 72.4 Å². The van der Waals surface area contributed by atoms with Crippen LogP contribution in [0.25, 0.3) is 32.9 Å². The number of imidazole rings is 1. The van der Waals surface area contributed by atoms with Gasteiger partial charge in [0, 0.05) is 48.6 Å². The summed E-state index contributed by atoms with van der Waals surface area (Å²) in [6.07, 6.45) is 5.39. The molecule has 3 aromatic heterocycles. The number of aryl methyl sites for hydroxylation is 3. The van der Waals surface area contributed by atoms with Crippen molar-refractivity contribution in [3.8, 4) is 22.0 Å². The second-order valence-corrected chi connectivity index (χ2v) is 7.76. The highest BCUT2D eigenvalue weighted by Crippen LogP contribution is 2.28. The number of benzene rings is 2. The van der Waals surface area contributed by atoms with Crippen LogP contribution >= 0.6 is 11.3 Å². The average Bonchev–Trinajstić information content (AvgIpc) is 3.42. The Bertz CT molecular complexity index is 1260. The summed E-state index contributed by atoms with van der Waals surface area (Å²) in [6, 6.07) is 18.4. The fourth-order valence-electron chi connectivity index (χ4n) is 3.45. The molecule has 2 aromatic carbocycles. The molecule has 6 heteroatoms. The lowest BCUT2D eigenvalue weighted by atomic mass is 10.1. The first-order chi connectivity index (χ1) is 14.3. The third kappa shape index (κ3) is 3.54. The van der Waals surface area contributed by atoms with Gasteiger partial charge in [-0.3, -0.25) is 0 Å². The van der Waals surface area contributed by atoms with E-state index in [-0.39, 0.29) is 0 Å². The van der Waals surface area contributed by atoms with E-state index in [9.17, 15) is 0 Å². The van der Waals surface area contributed by atoms with Gasteiger partial charge in [-0.15, -0.1) is 11.3 Å². The molecule has 0 unspecified atom stereocenters. The third-order valence-electron chi connectivity index (χ3n) is 4.90. The Kier molecular flexibility index (Phi) is 4.62. The van der Waals surface area contributed by atoms with E-state index >= 15 is 0 Å². The van der Waals surface area contributed by atoms with Gasteiger partial charge < -0.3 is 4.57 Å². The van der Waals surface area contributed by atoms with Gasteiger partial charge >= 0.3 is 0 Å². The standard InChI is InChI=1S/C23H19N5S/c1-28-15-19(16-7-3-2-4-8-16)26-21(28)12-11-20-25-18-10-6-5-9-17(18)22(27-20)23-24-13-14-29-23/h2-10,13-15H,11-12H2,1H3. The smallest absolute Gasteiger partial charge is 0.142 e. The zero-order chi connectivity index (χ0) is 19.6. The summed E-state index contributed by atoms with van der Waals surface area (Å²) in [5.74, 6) is 1.84. The van der Waals surface area contributed by atoms with Crippen LogP contribution in [0.3, 0.4) is 0 Å². The van der Waals surface area contributed by atoms with Crippen molar-refractivity contribution in [2.24, 2.45) is 7.05 Å². The SMILES string of the molecule is Cn1cc(-c2ccccc2)nc1CCc1nc(-c2nccs2)c2ccccc2n1. The molecular formula is C23H19N5S. The number of para-hydroxylation sites is 1. The number of nitrogens with zero attached hydrogens (tertiary/aromatic N) is 5. The second kappa shape index (κ2) is 7.56. The molecule has 0 N–H and O–H groups in total. The van der Waals surface area contributed by atoms with Crippen molar-refractivity contribution < 1.29 is 0 Å². The fourth-order valence-corrected chi connectivity index (χ4v) is 4.09. The van der Waals surface area contributed by atoms with Crippen LogP contribution < -0.4 is 0 Å². The predicted octanol–water partition coefficient (Wildman–Crippen LogP) is 4.94. The van der Waals surface area contributed by atoms with Crippen LogP contribution in [0.4, 0.5) is 0 Å². The highest BCUT2D eigenvalue weighted by Gasteiger charge is 2.13. The van der Waals surface area contributed by atoms with Crippen LogP contribution in [0.5, 0.6) is 0 Å². The molecule has 3 heterocycles. The molecule has 5 aromatic rings. The Labute approximate surface area is 172 Å². The van der Waals surface area contributed by atoms with Crippen molar-refractivity contribution in [3.63, 3.8) is 0 Å². The Morgan fingerprint density at radius 3 is 2.55 bits per heavy atom. The van der Waals surface area contributed by atoms with Crippen LogP contribution in [-0.4, -0.2) is 24.5 Å². The molecule has 0 spiro atoms. The molecule has 0 aliphatic rings. The van der Waals surface area contributed by atoms with Gasteiger partial charge in [0.1, 0.15) is 22.4 Å². The molecule has 0 atom stereocenters. The summed E-state index contributed by atoms with van der Waals surface area (Å²) >= 11 is 1.60. The molecule has 29 heavy (non-hydrogen) atoms. The summed E-state index contributed by atoms with van der Waals surface area (Å²) in [5.41, 5.74) is 3.98. The van der Waals surface area contributed by atoms with Gasteiger partial charge in [-0.1, -0.05) is 48.5 Å². The fraction of sp³-hybridized carbons (Fsp3) is 0.130. The molecule has 142 valence electrons. The van der Waals surface area contributed by atoms with Crippen molar-refractivity contribution in [1.29, 1.82) is 0 Å². The zero-order valence-corrected chi connectivity index (χ0v) is 16.8. The Balaban J connectivity index is 1.45. The molecule has 0 saturated carbocycles. The Hall–Kier alpha value is -3.38. The van der Waals surface area contributed by atoms with Gasteiger partial charge in [0.15, 0.2) is 0 Å². The predicted molar refractivity (Wildman–Crippen MR) is 117 cm³/mol. The molecule has 0 aliphatic carbocycles.